The van der Waals surface area contributed by atoms with Crippen molar-refractivity contribution in [3.63, 3.8) is 0 Å². The molecule has 2 heterocycles. The van der Waals surface area contributed by atoms with Crippen LogP contribution in [-0.4, -0.2) is 22.7 Å². The molecular formula is C21H16N4O3S. The quantitative estimate of drug-likeness (QED) is 0.251. The first-order valence-electron chi connectivity index (χ1n) is 8.54. The molecule has 0 aliphatic carbocycles. The molecule has 0 radical (unpaired) electrons. The van der Waals surface area contributed by atoms with Crippen LogP contribution >= 0.6 is 11.3 Å². The Labute approximate surface area is 169 Å². The number of carbonyl (C=O) groups is 1. The first kappa shape index (κ1) is 18.5. The zero-order valence-electron chi connectivity index (χ0n) is 15.0. The SMILES string of the molecule is N=C(N)c1cc2c(-c3ccc(-c4ccc(C(=O)O)cc4C(=N)N)o3)cccc2s1. The molecule has 2 aromatic carbocycles. The summed E-state index contributed by atoms with van der Waals surface area (Å²) in [6, 6.07) is 15.6. The Morgan fingerprint density at radius 3 is 2.31 bits per heavy atom. The maximum atomic E-state index is 11.2. The van der Waals surface area contributed by atoms with E-state index in [4.69, 9.17) is 26.7 Å². The molecule has 0 amide bonds. The number of hydrogen-bond donors (Lipinski definition) is 5. The third-order valence-electron chi connectivity index (χ3n) is 4.52. The van der Waals surface area contributed by atoms with E-state index in [0.717, 1.165) is 15.6 Å². The Hall–Kier alpha value is -3.91. The van der Waals surface area contributed by atoms with Crippen LogP contribution in [0.1, 0.15) is 20.8 Å². The topological polar surface area (TPSA) is 150 Å². The van der Waals surface area contributed by atoms with Crippen molar-refractivity contribution in [2.24, 2.45) is 11.5 Å². The summed E-state index contributed by atoms with van der Waals surface area (Å²) in [5.41, 5.74) is 13.0. The predicted molar refractivity (Wildman–Crippen MR) is 114 cm³/mol. The van der Waals surface area contributed by atoms with Gasteiger partial charge in [0.15, 0.2) is 0 Å². The van der Waals surface area contributed by atoms with E-state index >= 15 is 0 Å². The predicted octanol–water partition coefficient (Wildman–Crippen LogP) is 4.09. The highest BCUT2D eigenvalue weighted by atomic mass is 32.1. The molecule has 7 nitrogen and oxygen atoms in total. The Morgan fingerprint density at radius 2 is 1.66 bits per heavy atom. The minimum atomic E-state index is -1.09. The Kier molecular flexibility index (Phi) is 4.40. The molecule has 0 fully saturated rings. The minimum absolute atomic E-state index is 0.0157. The summed E-state index contributed by atoms with van der Waals surface area (Å²) >= 11 is 1.44. The van der Waals surface area contributed by atoms with Gasteiger partial charge in [-0.2, -0.15) is 0 Å². The second-order valence-corrected chi connectivity index (χ2v) is 7.47. The molecule has 0 spiro atoms. The summed E-state index contributed by atoms with van der Waals surface area (Å²) in [4.78, 5) is 11.9. The lowest BCUT2D eigenvalue weighted by molar-refractivity contribution is 0.0697. The number of thiophene rings is 1. The molecule has 0 aliphatic heterocycles. The van der Waals surface area contributed by atoms with E-state index in [1.54, 1.807) is 12.1 Å². The van der Waals surface area contributed by atoms with Crippen molar-refractivity contribution in [3.05, 3.63) is 70.6 Å². The molecule has 29 heavy (non-hydrogen) atoms. The summed E-state index contributed by atoms with van der Waals surface area (Å²) < 4.78 is 7.03. The lowest BCUT2D eigenvalue weighted by atomic mass is 10.0. The fourth-order valence-electron chi connectivity index (χ4n) is 3.15. The standard InChI is InChI=1S/C21H16N4O3S/c22-19(23)14-8-10(21(26)27)4-5-12(14)16-7-6-15(28-16)11-2-1-3-17-13(11)9-18(29-17)20(24)25/h1-9H,(H3,22,23)(H3,24,25)(H,26,27). The fourth-order valence-corrected chi connectivity index (χ4v) is 4.10. The number of amidine groups is 2. The molecule has 0 unspecified atom stereocenters. The molecule has 0 aliphatic rings. The van der Waals surface area contributed by atoms with Gasteiger partial charge in [0.1, 0.15) is 23.2 Å². The molecule has 2 aromatic heterocycles. The first-order chi connectivity index (χ1) is 13.8. The zero-order valence-corrected chi connectivity index (χ0v) is 15.8. The highest BCUT2D eigenvalue weighted by Crippen LogP contribution is 2.37. The van der Waals surface area contributed by atoms with Gasteiger partial charge in [-0.05, 0) is 42.5 Å². The van der Waals surface area contributed by atoms with Crippen molar-refractivity contribution in [1.82, 2.24) is 0 Å². The second kappa shape index (κ2) is 6.92. The van der Waals surface area contributed by atoms with Gasteiger partial charge in [0.2, 0.25) is 0 Å². The van der Waals surface area contributed by atoms with Gasteiger partial charge < -0.3 is 21.0 Å². The summed E-state index contributed by atoms with van der Waals surface area (Å²) in [6.45, 7) is 0. The van der Waals surface area contributed by atoms with Gasteiger partial charge in [-0.3, -0.25) is 10.8 Å². The number of aromatic carboxylic acids is 1. The number of nitrogens with one attached hydrogen (secondary N) is 2. The monoisotopic (exact) mass is 404 g/mol. The smallest absolute Gasteiger partial charge is 0.335 e. The third-order valence-corrected chi connectivity index (χ3v) is 5.65. The van der Waals surface area contributed by atoms with Crippen LogP contribution in [0, 0.1) is 10.8 Å². The van der Waals surface area contributed by atoms with Crippen LogP contribution in [0.4, 0.5) is 0 Å². The number of carboxylic acid groups (broad SMARTS) is 1. The maximum Gasteiger partial charge on any atom is 0.335 e. The Balaban J connectivity index is 1.82. The van der Waals surface area contributed by atoms with E-state index in [-0.39, 0.29) is 17.2 Å². The summed E-state index contributed by atoms with van der Waals surface area (Å²) in [6.07, 6.45) is 0. The van der Waals surface area contributed by atoms with Crippen molar-refractivity contribution >= 4 is 39.1 Å². The highest BCUT2D eigenvalue weighted by Gasteiger charge is 2.17. The average Bonchev–Trinajstić information content (AvgIpc) is 3.34. The number of nitrogen functional groups attached to an aromatic ring is 2. The van der Waals surface area contributed by atoms with Crippen LogP contribution in [0.3, 0.4) is 0 Å². The van der Waals surface area contributed by atoms with Gasteiger partial charge in [-0.15, -0.1) is 11.3 Å². The summed E-state index contributed by atoms with van der Waals surface area (Å²) in [5.74, 6) is -0.241. The van der Waals surface area contributed by atoms with E-state index in [9.17, 15) is 9.90 Å². The van der Waals surface area contributed by atoms with Crippen molar-refractivity contribution in [2.45, 2.75) is 0 Å². The number of carboxylic acids is 1. The van der Waals surface area contributed by atoms with E-state index in [1.807, 2.05) is 30.3 Å². The third kappa shape index (κ3) is 3.26. The van der Waals surface area contributed by atoms with Crippen molar-refractivity contribution in [2.75, 3.05) is 0 Å². The molecular weight excluding hydrogens is 388 g/mol. The van der Waals surface area contributed by atoms with Gasteiger partial charge in [0.05, 0.1) is 10.4 Å². The molecule has 4 aromatic rings. The molecule has 7 N–H and O–H groups in total. The molecule has 0 saturated carbocycles. The lowest BCUT2D eigenvalue weighted by Crippen LogP contribution is -2.13. The number of fused-ring (bicyclic) bond motifs is 1. The van der Waals surface area contributed by atoms with Gasteiger partial charge in [-0.25, -0.2) is 4.79 Å². The van der Waals surface area contributed by atoms with Crippen molar-refractivity contribution in [1.29, 1.82) is 10.8 Å². The lowest BCUT2D eigenvalue weighted by Gasteiger charge is -2.07. The number of rotatable bonds is 5. The van der Waals surface area contributed by atoms with Gasteiger partial charge in [0, 0.05) is 26.8 Å². The molecule has 0 bridgehead atoms. The van der Waals surface area contributed by atoms with Crippen LogP contribution in [-0.2, 0) is 0 Å². The molecule has 0 saturated heterocycles. The van der Waals surface area contributed by atoms with Crippen molar-refractivity contribution in [3.8, 4) is 22.6 Å². The van der Waals surface area contributed by atoms with Crippen LogP contribution in [0.5, 0.6) is 0 Å². The van der Waals surface area contributed by atoms with E-state index in [1.165, 1.54) is 23.5 Å². The molecule has 0 atom stereocenters. The summed E-state index contributed by atoms with van der Waals surface area (Å²) in [5, 5.41) is 25.6. The largest absolute Gasteiger partial charge is 0.478 e. The summed E-state index contributed by atoms with van der Waals surface area (Å²) in [7, 11) is 0. The average molecular weight is 404 g/mol. The number of nitrogens with two attached hydrogens (primary N) is 2. The van der Waals surface area contributed by atoms with Crippen LogP contribution in [0.15, 0.2) is 59.0 Å². The fraction of sp³-hybridized carbons (Fsp3) is 0. The van der Waals surface area contributed by atoms with E-state index in [2.05, 4.69) is 0 Å². The highest BCUT2D eigenvalue weighted by molar-refractivity contribution is 7.20. The number of hydrogen-bond acceptors (Lipinski definition) is 5. The maximum absolute atomic E-state index is 11.2. The molecule has 4 rings (SSSR count). The second-order valence-electron chi connectivity index (χ2n) is 6.38. The van der Waals surface area contributed by atoms with Gasteiger partial charge in [-0.1, -0.05) is 12.1 Å². The van der Waals surface area contributed by atoms with Crippen LogP contribution in [0.25, 0.3) is 32.7 Å². The molecule has 8 heteroatoms. The van der Waals surface area contributed by atoms with Crippen molar-refractivity contribution < 1.29 is 14.3 Å². The number of benzene rings is 2. The minimum Gasteiger partial charge on any atom is -0.478 e. The number of furan rings is 1. The van der Waals surface area contributed by atoms with E-state index in [0.29, 0.717) is 27.5 Å². The van der Waals surface area contributed by atoms with Crippen LogP contribution in [0.2, 0.25) is 0 Å². The Bertz CT molecular complexity index is 1300. The Morgan fingerprint density at radius 1 is 0.931 bits per heavy atom. The zero-order chi connectivity index (χ0) is 20.7. The molecule has 144 valence electrons. The van der Waals surface area contributed by atoms with Gasteiger partial charge in [0.25, 0.3) is 0 Å². The van der Waals surface area contributed by atoms with Crippen LogP contribution < -0.4 is 11.5 Å². The first-order valence-corrected chi connectivity index (χ1v) is 9.36. The normalized spacial score (nSPS) is 10.9. The van der Waals surface area contributed by atoms with Gasteiger partial charge >= 0.3 is 5.97 Å². The van der Waals surface area contributed by atoms with E-state index < -0.39 is 5.97 Å².